The van der Waals surface area contributed by atoms with E-state index >= 15 is 0 Å². The number of anilines is 1. The molecule has 0 aliphatic carbocycles. The molecule has 84 valence electrons. The van der Waals surface area contributed by atoms with Crippen LogP contribution in [0.4, 0.5) is 5.69 Å². The van der Waals surface area contributed by atoms with E-state index in [0.29, 0.717) is 0 Å². The third kappa shape index (κ3) is 3.09. The van der Waals surface area contributed by atoms with E-state index in [1.165, 1.54) is 10.4 Å². The van der Waals surface area contributed by atoms with Gasteiger partial charge in [-0.2, -0.15) is 0 Å². The highest BCUT2D eigenvalue weighted by Gasteiger charge is 1.99. The highest BCUT2D eigenvalue weighted by molar-refractivity contribution is 9.10. The van der Waals surface area contributed by atoms with Gasteiger partial charge in [-0.1, -0.05) is 22.0 Å². The molecule has 1 nitrogen and oxygen atoms in total. The first kappa shape index (κ1) is 12.1. The molecular weight excluding hydrogens is 350 g/mol. The second-order valence-electron chi connectivity index (χ2n) is 3.55. The van der Waals surface area contributed by atoms with Gasteiger partial charge in [-0.3, -0.25) is 0 Å². The Labute approximate surface area is 116 Å². The van der Waals surface area contributed by atoms with Crippen molar-refractivity contribution in [2.75, 3.05) is 5.32 Å². The smallest absolute Gasteiger partial charge is 0.0494 e. The number of thiophene rings is 1. The molecule has 1 heterocycles. The maximum atomic E-state index is 3.53. The summed E-state index contributed by atoms with van der Waals surface area (Å²) in [6.45, 7) is 2.95. The SMILES string of the molecule is Cc1ccc(NCc2cc(Br)cs2)cc1Br. The zero-order valence-electron chi connectivity index (χ0n) is 8.76. The third-order valence-electron chi connectivity index (χ3n) is 2.26. The van der Waals surface area contributed by atoms with Crippen LogP contribution < -0.4 is 5.32 Å². The highest BCUT2D eigenvalue weighted by atomic mass is 79.9. The summed E-state index contributed by atoms with van der Waals surface area (Å²) in [5.41, 5.74) is 2.39. The lowest BCUT2D eigenvalue weighted by Gasteiger charge is -2.06. The van der Waals surface area contributed by atoms with Crippen molar-refractivity contribution in [1.82, 2.24) is 0 Å². The largest absolute Gasteiger partial charge is 0.380 e. The molecule has 2 rings (SSSR count). The zero-order valence-corrected chi connectivity index (χ0v) is 12.7. The van der Waals surface area contributed by atoms with Crippen molar-refractivity contribution in [1.29, 1.82) is 0 Å². The summed E-state index contributed by atoms with van der Waals surface area (Å²) in [6.07, 6.45) is 0. The van der Waals surface area contributed by atoms with Gasteiger partial charge in [-0.15, -0.1) is 11.3 Å². The highest BCUT2D eigenvalue weighted by Crippen LogP contribution is 2.23. The van der Waals surface area contributed by atoms with E-state index in [1.807, 2.05) is 0 Å². The maximum Gasteiger partial charge on any atom is 0.0494 e. The van der Waals surface area contributed by atoms with Crippen molar-refractivity contribution >= 4 is 48.9 Å². The van der Waals surface area contributed by atoms with Crippen LogP contribution in [-0.2, 0) is 6.54 Å². The molecule has 2 aromatic rings. The first-order valence-corrected chi connectivity index (χ1v) is 7.34. The molecule has 0 atom stereocenters. The van der Waals surface area contributed by atoms with Crippen LogP contribution in [0.2, 0.25) is 0 Å². The van der Waals surface area contributed by atoms with Crippen LogP contribution in [0.5, 0.6) is 0 Å². The minimum atomic E-state index is 0.867. The minimum absolute atomic E-state index is 0.867. The van der Waals surface area contributed by atoms with Gasteiger partial charge in [0.05, 0.1) is 0 Å². The van der Waals surface area contributed by atoms with Gasteiger partial charge >= 0.3 is 0 Å². The second-order valence-corrected chi connectivity index (χ2v) is 6.31. The van der Waals surface area contributed by atoms with Crippen molar-refractivity contribution in [3.63, 3.8) is 0 Å². The second kappa shape index (κ2) is 5.34. The Bertz CT molecular complexity index is 494. The topological polar surface area (TPSA) is 12.0 Å². The monoisotopic (exact) mass is 359 g/mol. The Kier molecular flexibility index (Phi) is 4.05. The van der Waals surface area contributed by atoms with Gasteiger partial charge in [0.15, 0.2) is 0 Å². The molecule has 1 N–H and O–H groups in total. The third-order valence-corrected chi connectivity index (χ3v) is 4.81. The van der Waals surface area contributed by atoms with E-state index in [1.54, 1.807) is 11.3 Å². The molecule has 0 saturated heterocycles. The van der Waals surface area contributed by atoms with Crippen LogP contribution >= 0.6 is 43.2 Å². The molecular formula is C12H11Br2NS. The van der Waals surface area contributed by atoms with Crippen molar-refractivity contribution in [2.24, 2.45) is 0 Å². The van der Waals surface area contributed by atoms with E-state index in [-0.39, 0.29) is 0 Å². The standard InChI is InChI=1S/C12H11Br2NS/c1-8-2-3-10(5-12(8)14)15-6-11-4-9(13)7-16-11/h2-5,7,15H,6H2,1H3. The maximum absolute atomic E-state index is 3.53. The summed E-state index contributed by atoms with van der Waals surface area (Å²) in [6, 6.07) is 8.46. The first-order chi connectivity index (χ1) is 7.65. The van der Waals surface area contributed by atoms with Crippen LogP contribution in [0.15, 0.2) is 38.6 Å². The average molecular weight is 361 g/mol. The molecule has 0 saturated carbocycles. The number of nitrogens with one attached hydrogen (secondary N) is 1. The summed E-state index contributed by atoms with van der Waals surface area (Å²) in [7, 11) is 0. The van der Waals surface area contributed by atoms with Crippen LogP contribution in [-0.4, -0.2) is 0 Å². The molecule has 0 bridgehead atoms. The van der Waals surface area contributed by atoms with Crippen molar-refractivity contribution in [3.8, 4) is 0 Å². The number of hydrogen-bond donors (Lipinski definition) is 1. The first-order valence-electron chi connectivity index (χ1n) is 4.88. The van der Waals surface area contributed by atoms with Gasteiger partial charge in [0.25, 0.3) is 0 Å². The molecule has 0 aliphatic heterocycles. The van der Waals surface area contributed by atoms with Crippen molar-refractivity contribution in [2.45, 2.75) is 13.5 Å². The lowest BCUT2D eigenvalue weighted by molar-refractivity contribution is 1.19. The average Bonchev–Trinajstić information content (AvgIpc) is 2.66. The predicted molar refractivity (Wildman–Crippen MR) is 78.2 cm³/mol. The fourth-order valence-electron chi connectivity index (χ4n) is 1.34. The van der Waals surface area contributed by atoms with Crippen molar-refractivity contribution in [3.05, 3.63) is 49.0 Å². The fraction of sp³-hybridized carbons (Fsp3) is 0.167. The van der Waals surface area contributed by atoms with Crippen LogP contribution in [0.3, 0.4) is 0 Å². The Morgan fingerprint density at radius 3 is 2.69 bits per heavy atom. The lowest BCUT2D eigenvalue weighted by atomic mass is 10.2. The van der Waals surface area contributed by atoms with E-state index < -0.39 is 0 Å². The summed E-state index contributed by atoms with van der Waals surface area (Å²) in [5.74, 6) is 0. The normalized spacial score (nSPS) is 10.4. The van der Waals surface area contributed by atoms with Gasteiger partial charge in [0.1, 0.15) is 0 Å². The molecule has 0 spiro atoms. The lowest BCUT2D eigenvalue weighted by Crippen LogP contribution is -1.97. The number of halogens is 2. The predicted octanol–water partition coefficient (Wildman–Crippen LogP) is 5.19. The van der Waals surface area contributed by atoms with Crippen LogP contribution in [0.25, 0.3) is 0 Å². The molecule has 0 amide bonds. The van der Waals surface area contributed by atoms with Gasteiger partial charge in [-0.05, 0) is 46.6 Å². The number of benzene rings is 1. The van der Waals surface area contributed by atoms with Crippen LogP contribution in [0.1, 0.15) is 10.4 Å². The molecule has 1 aromatic heterocycles. The van der Waals surface area contributed by atoms with Gasteiger partial charge < -0.3 is 5.32 Å². The van der Waals surface area contributed by atoms with E-state index in [2.05, 4.69) is 73.7 Å². The quantitative estimate of drug-likeness (QED) is 0.793. The van der Waals surface area contributed by atoms with E-state index in [4.69, 9.17) is 0 Å². The molecule has 0 unspecified atom stereocenters. The Morgan fingerprint density at radius 1 is 1.25 bits per heavy atom. The van der Waals surface area contributed by atoms with Crippen molar-refractivity contribution < 1.29 is 0 Å². The Morgan fingerprint density at radius 2 is 2.06 bits per heavy atom. The molecule has 4 heteroatoms. The summed E-state index contributed by atoms with van der Waals surface area (Å²) < 4.78 is 2.30. The molecule has 1 aromatic carbocycles. The molecule has 0 fully saturated rings. The molecule has 16 heavy (non-hydrogen) atoms. The van der Waals surface area contributed by atoms with Crippen LogP contribution in [0, 0.1) is 6.92 Å². The number of rotatable bonds is 3. The summed E-state index contributed by atoms with van der Waals surface area (Å²) in [4.78, 5) is 1.32. The Hall–Kier alpha value is -0.320. The Balaban J connectivity index is 2.02. The zero-order chi connectivity index (χ0) is 11.5. The number of aryl methyl sites for hydroxylation is 1. The van der Waals surface area contributed by atoms with Gasteiger partial charge in [-0.25, -0.2) is 0 Å². The minimum Gasteiger partial charge on any atom is -0.380 e. The van der Waals surface area contributed by atoms with Gasteiger partial charge in [0.2, 0.25) is 0 Å². The van der Waals surface area contributed by atoms with E-state index in [9.17, 15) is 0 Å². The van der Waals surface area contributed by atoms with Gasteiger partial charge in [0, 0.05) is 31.4 Å². The summed E-state index contributed by atoms with van der Waals surface area (Å²) >= 11 is 8.74. The summed E-state index contributed by atoms with van der Waals surface area (Å²) in [5, 5.41) is 5.50. The molecule has 0 radical (unpaired) electrons. The van der Waals surface area contributed by atoms with E-state index in [0.717, 1.165) is 21.2 Å². The number of hydrogen-bond acceptors (Lipinski definition) is 2. The fourth-order valence-corrected chi connectivity index (χ4v) is 3.11. The molecule has 0 aliphatic rings.